The highest BCUT2D eigenvalue weighted by Gasteiger charge is 2.51. The van der Waals surface area contributed by atoms with E-state index in [-0.39, 0.29) is 38.4 Å². The summed E-state index contributed by atoms with van der Waals surface area (Å²) in [4.78, 5) is 42.4. The topological polar surface area (TPSA) is 115 Å². The molecule has 0 aliphatic carbocycles. The summed E-state index contributed by atoms with van der Waals surface area (Å²) in [6, 6.07) is 16.1. The smallest absolute Gasteiger partial charge is 0.410 e. The Morgan fingerprint density at radius 2 is 1.67 bits per heavy atom. The van der Waals surface area contributed by atoms with Crippen LogP contribution in [-0.4, -0.2) is 60.9 Å². The van der Waals surface area contributed by atoms with Gasteiger partial charge in [0.25, 0.3) is 0 Å². The standard InChI is InChI=1S/C33H38N2O7S/c1-6-39-29(36)33(30(37)40-7-2,19-27-18-23-17-22(20-34)10-15-28(23)43-27)24-11-13-26(14-12-24)41-21-25-9-8-16-35(25)31(38)42-32(3,4)5/h10-15,17-18,25H,6-9,16,19,21H2,1-5H3/t25-/m1/s1. The van der Waals surface area contributed by atoms with E-state index in [9.17, 15) is 19.6 Å². The monoisotopic (exact) mass is 606 g/mol. The molecule has 1 amide bonds. The molecule has 0 unspecified atom stereocenters. The highest BCUT2D eigenvalue weighted by molar-refractivity contribution is 7.19. The van der Waals surface area contributed by atoms with Gasteiger partial charge in [-0.15, -0.1) is 11.3 Å². The number of thiophene rings is 1. The van der Waals surface area contributed by atoms with E-state index in [1.165, 1.54) is 11.3 Å². The van der Waals surface area contributed by atoms with E-state index in [1.807, 2.05) is 32.9 Å². The molecule has 228 valence electrons. The number of nitrogens with zero attached hydrogens (tertiary/aromatic N) is 2. The number of hydrogen-bond donors (Lipinski definition) is 0. The van der Waals surface area contributed by atoms with Gasteiger partial charge < -0.3 is 23.8 Å². The number of hydrogen-bond acceptors (Lipinski definition) is 9. The lowest BCUT2D eigenvalue weighted by Gasteiger charge is -2.30. The van der Waals surface area contributed by atoms with Crippen LogP contribution in [0.4, 0.5) is 4.79 Å². The van der Waals surface area contributed by atoms with Crippen LogP contribution in [-0.2, 0) is 35.6 Å². The Kier molecular flexibility index (Phi) is 9.97. The van der Waals surface area contributed by atoms with Crippen molar-refractivity contribution in [3.8, 4) is 11.8 Å². The van der Waals surface area contributed by atoms with Crippen molar-refractivity contribution in [2.24, 2.45) is 0 Å². The number of ether oxygens (including phenoxy) is 4. The molecule has 43 heavy (non-hydrogen) atoms. The van der Waals surface area contributed by atoms with Gasteiger partial charge in [-0.2, -0.15) is 5.26 Å². The van der Waals surface area contributed by atoms with Gasteiger partial charge in [-0.05, 0) is 94.8 Å². The minimum Gasteiger partial charge on any atom is -0.491 e. The molecule has 0 bridgehead atoms. The predicted molar refractivity (Wildman–Crippen MR) is 163 cm³/mol. The summed E-state index contributed by atoms with van der Waals surface area (Å²) in [5.41, 5.74) is -1.38. The second-order valence-corrected chi connectivity index (χ2v) is 12.6. The van der Waals surface area contributed by atoms with E-state index >= 15 is 0 Å². The van der Waals surface area contributed by atoms with Gasteiger partial charge in [0.15, 0.2) is 5.41 Å². The van der Waals surface area contributed by atoms with Crippen LogP contribution in [0.2, 0.25) is 0 Å². The molecule has 0 saturated carbocycles. The highest BCUT2D eigenvalue weighted by atomic mass is 32.1. The van der Waals surface area contributed by atoms with Crippen molar-refractivity contribution < 1.29 is 33.3 Å². The molecule has 0 spiro atoms. The number of likely N-dealkylation sites (tertiary alicyclic amines) is 1. The van der Waals surface area contributed by atoms with E-state index in [2.05, 4.69) is 6.07 Å². The Bertz CT molecular complexity index is 1480. The lowest BCUT2D eigenvalue weighted by Crippen LogP contribution is -2.48. The number of nitriles is 1. The van der Waals surface area contributed by atoms with Gasteiger partial charge >= 0.3 is 18.0 Å². The Balaban J connectivity index is 1.61. The molecule has 1 aliphatic heterocycles. The van der Waals surface area contributed by atoms with Crippen LogP contribution >= 0.6 is 11.3 Å². The first-order valence-electron chi connectivity index (χ1n) is 14.5. The van der Waals surface area contributed by atoms with Crippen LogP contribution in [0.5, 0.6) is 5.75 Å². The summed E-state index contributed by atoms with van der Waals surface area (Å²) >= 11 is 1.45. The van der Waals surface area contributed by atoms with E-state index in [4.69, 9.17) is 18.9 Å². The molecule has 1 atom stereocenters. The lowest BCUT2D eigenvalue weighted by atomic mass is 9.76. The average molecular weight is 607 g/mol. The van der Waals surface area contributed by atoms with E-state index in [1.54, 1.807) is 55.1 Å². The number of fused-ring (bicyclic) bond motifs is 1. The molecule has 1 aliphatic rings. The second kappa shape index (κ2) is 13.5. The van der Waals surface area contributed by atoms with Crippen LogP contribution < -0.4 is 4.74 Å². The first-order chi connectivity index (χ1) is 20.5. The number of benzene rings is 2. The third-order valence-electron chi connectivity index (χ3n) is 7.18. The lowest BCUT2D eigenvalue weighted by molar-refractivity contribution is -0.164. The van der Waals surface area contributed by atoms with Crippen LogP contribution in [0.15, 0.2) is 48.5 Å². The molecule has 1 fully saturated rings. The third kappa shape index (κ3) is 7.28. The summed E-state index contributed by atoms with van der Waals surface area (Å²) in [7, 11) is 0. The molecule has 4 rings (SSSR count). The molecule has 2 aromatic carbocycles. The Hall–Kier alpha value is -4.10. The molecule has 2 heterocycles. The van der Waals surface area contributed by atoms with Crippen molar-refractivity contribution >= 4 is 39.5 Å². The minimum absolute atomic E-state index is 0.0268. The highest BCUT2D eigenvalue weighted by Crippen LogP contribution is 2.37. The summed E-state index contributed by atoms with van der Waals surface area (Å²) < 4.78 is 23.5. The maximum Gasteiger partial charge on any atom is 0.410 e. The fraction of sp³-hybridized carbons (Fsp3) is 0.455. The van der Waals surface area contributed by atoms with Gasteiger partial charge in [0.1, 0.15) is 18.0 Å². The fourth-order valence-corrected chi connectivity index (χ4v) is 6.32. The summed E-state index contributed by atoms with van der Waals surface area (Å²) in [6.45, 7) is 9.98. The molecule has 10 heteroatoms. The first-order valence-corrected chi connectivity index (χ1v) is 15.3. The van der Waals surface area contributed by atoms with Crippen molar-refractivity contribution in [3.05, 3.63) is 64.5 Å². The van der Waals surface area contributed by atoms with Crippen molar-refractivity contribution in [2.75, 3.05) is 26.4 Å². The van der Waals surface area contributed by atoms with Gasteiger partial charge in [-0.25, -0.2) is 4.79 Å². The number of esters is 2. The van der Waals surface area contributed by atoms with Crippen LogP contribution in [0.1, 0.15) is 63.5 Å². The largest absolute Gasteiger partial charge is 0.491 e. The molecule has 1 aromatic heterocycles. The number of amides is 1. The maximum atomic E-state index is 13.6. The number of carbonyl (C=O) groups is 3. The van der Waals surface area contributed by atoms with E-state index in [0.29, 0.717) is 23.4 Å². The van der Waals surface area contributed by atoms with Crippen molar-refractivity contribution in [3.63, 3.8) is 0 Å². The van der Waals surface area contributed by atoms with Gasteiger partial charge in [-0.1, -0.05) is 12.1 Å². The zero-order valence-electron chi connectivity index (χ0n) is 25.3. The van der Waals surface area contributed by atoms with Gasteiger partial charge in [0, 0.05) is 22.5 Å². The van der Waals surface area contributed by atoms with E-state index in [0.717, 1.165) is 27.8 Å². The van der Waals surface area contributed by atoms with Gasteiger partial charge in [-0.3, -0.25) is 9.59 Å². The number of rotatable bonds is 10. The summed E-state index contributed by atoms with van der Waals surface area (Å²) in [5.74, 6) is -0.861. The summed E-state index contributed by atoms with van der Waals surface area (Å²) in [6.07, 6.45) is 1.34. The quantitative estimate of drug-likeness (QED) is 0.153. The Morgan fingerprint density at radius 1 is 1.00 bits per heavy atom. The molecule has 3 aromatic rings. The Morgan fingerprint density at radius 3 is 2.28 bits per heavy atom. The SMILES string of the molecule is CCOC(=O)C(Cc1cc2cc(C#N)ccc2s1)(C(=O)OCC)c1ccc(OC[C@H]2CCCN2C(=O)OC(C)(C)C)cc1. The molecule has 0 N–H and O–H groups in total. The summed E-state index contributed by atoms with van der Waals surface area (Å²) in [5, 5.41) is 10.2. The van der Waals surface area contributed by atoms with Crippen molar-refractivity contribution in [1.82, 2.24) is 4.90 Å². The van der Waals surface area contributed by atoms with Crippen LogP contribution in [0.3, 0.4) is 0 Å². The van der Waals surface area contributed by atoms with Crippen LogP contribution in [0.25, 0.3) is 10.1 Å². The normalized spacial score (nSPS) is 15.2. The van der Waals surface area contributed by atoms with Gasteiger partial charge in [0.05, 0.1) is 30.9 Å². The Labute approximate surface area is 256 Å². The van der Waals surface area contributed by atoms with Crippen molar-refractivity contribution in [2.45, 2.75) is 70.9 Å². The molecule has 1 saturated heterocycles. The zero-order chi connectivity index (χ0) is 31.2. The predicted octanol–water partition coefficient (Wildman–Crippen LogP) is 6.16. The molecular formula is C33H38N2O7S. The molecule has 9 nitrogen and oxygen atoms in total. The fourth-order valence-electron chi connectivity index (χ4n) is 5.19. The first kappa shape index (κ1) is 31.8. The maximum absolute atomic E-state index is 13.6. The third-order valence-corrected chi connectivity index (χ3v) is 8.29. The van der Waals surface area contributed by atoms with Gasteiger partial charge in [0.2, 0.25) is 0 Å². The minimum atomic E-state index is -1.75. The number of carbonyl (C=O) groups excluding carboxylic acids is 3. The average Bonchev–Trinajstić information content (AvgIpc) is 3.60. The second-order valence-electron chi connectivity index (χ2n) is 11.4. The van der Waals surface area contributed by atoms with Crippen LogP contribution in [0, 0.1) is 11.3 Å². The van der Waals surface area contributed by atoms with E-state index < -0.39 is 23.0 Å². The molecule has 0 radical (unpaired) electrons. The zero-order valence-corrected chi connectivity index (χ0v) is 26.1. The van der Waals surface area contributed by atoms with Crippen molar-refractivity contribution in [1.29, 1.82) is 5.26 Å². The molecular weight excluding hydrogens is 568 g/mol.